The molecule has 1 aliphatic heterocycles. The largest absolute Gasteiger partial charge is 0.493 e. The summed E-state index contributed by atoms with van der Waals surface area (Å²) in [5.74, 6) is 1.27. The summed E-state index contributed by atoms with van der Waals surface area (Å²) in [4.78, 5) is 16.1. The minimum atomic E-state index is -0.139. The number of hydrogen-bond donors (Lipinski definition) is 2. The van der Waals surface area contributed by atoms with Crippen LogP contribution in [0.4, 0.5) is 4.79 Å². The van der Waals surface area contributed by atoms with Crippen LogP contribution < -0.4 is 15.4 Å². The molecular weight excluding hydrogens is 290 g/mol. The highest BCUT2D eigenvalue weighted by Crippen LogP contribution is 2.26. The maximum Gasteiger partial charge on any atom is 0.314 e. The van der Waals surface area contributed by atoms with Crippen molar-refractivity contribution < 1.29 is 9.53 Å². The second kappa shape index (κ2) is 7.63. The second-order valence-corrected chi connectivity index (χ2v) is 5.70. The van der Waals surface area contributed by atoms with Crippen molar-refractivity contribution in [2.45, 2.75) is 12.8 Å². The molecule has 23 heavy (non-hydrogen) atoms. The smallest absolute Gasteiger partial charge is 0.314 e. The van der Waals surface area contributed by atoms with Crippen LogP contribution in [0.3, 0.4) is 0 Å². The molecule has 0 aliphatic carbocycles. The third kappa shape index (κ3) is 4.45. The summed E-state index contributed by atoms with van der Waals surface area (Å²) in [6.45, 7) is 1.84. The number of rotatable bonds is 5. The van der Waals surface area contributed by atoms with E-state index in [1.54, 1.807) is 6.20 Å². The highest BCUT2D eigenvalue weighted by molar-refractivity contribution is 5.73. The van der Waals surface area contributed by atoms with Gasteiger partial charge in [0.05, 0.1) is 6.61 Å². The molecule has 5 heteroatoms. The first-order valence-electron chi connectivity index (χ1n) is 7.93. The van der Waals surface area contributed by atoms with Gasteiger partial charge in [0.15, 0.2) is 0 Å². The zero-order valence-electron chi connectivity index (χ0n) is 13.0. The Bertz CT molecular complexity index is 646. The number of carbonyl (C=O) groups is 1. The summed E-state index contributed by atoms with van der Waals surface area (Å²) < 4.78 is 5.73. The Morgan fingerprint density at radius 1 is 1.17 bits per heavy atom. The molecule has 0 fully saturated rings. The van der Waals surface area contributed by atoms with Gasteiger partial charge in [0, 0.05) is 37.3 Å². The molecule has 0 saturated heterocycles. The lowest BCUT2D eigenvalue weighted by atomic mass is 9.97. The molecule has 0 saturated carbocycles. The molecule has 0 spiro atoms. The van der Waals surface area contributed by atoms with E-state index in [4.69, 9.17) is 4.74 Å². The molecular formula is C18H21N3O2. The zero-order chi connectivity index (χ0) is 15.9. The SMILES string of the molecule is O=C(NCCc1ccccn1)NCC1COc2ccccc2C1. The lowest BCUT2D eigenvalue weighted by Crippen LogP contribution is -2.41. The number of ether oxygens (including phenoxy) is 1. The fraction of sp³-hybridized carbons (Fsp3) is 0.333. The van der Waals surface area contributed by atoms with Gasteiger partial charge in [-0.15, -0.1) is 0 Å². The Labute approximate surface area is 136 Å². The topological polar surface area (TPSA) is 63.2 Å². The highest BCUT2D eigenvalue weighted by atomic mass is 16.5. The van der Waals surface area contributed by atoms with Crippen LogP contribution in [0, 0.1) is 5.92 Å². The van der Waals surface area contributed by atoms with Crippen LogP contribution in [-0.4, -0.2) is 30.7 Å². The standard InChI is InChI=1S/C18H21N3O2/c22-18(20-10-8-16-6-3-4-9-19-16)21-12-14-11-15-5-1-2-7-17(15)23-13-14/h1-7,9,14H,8,10-13H2,(H2,20,21,22). The van der Waals surface area contributed by atoms with Crippen LogP contribution in [0.15, 0.2) is 48.7 Å². The lowest BCUT2D eigenvalue weighted by molar-refractivity contribution is 0.211. The number of amides is 2. The van der Waals surface area contributed by atoms with E-state index < -0.39 is 0 Å². The Balaban J connectivity index is 1.37. The van der Waals surface area contributed by atoms with E-state index in [9.17, 15) is 4.79 Å². The molecule has 2 N–H and O–H groups in total. The molecule has 1 aromatic carbocycles. The van der Waals surface area contributed by atoms with Crippen LogP contribution in [0.5, 0.6) is 5.75 Å². The minimum Gasteiger partial charge on any atom is -0.493 e. The van der Waals surface area contributed by atoms with E-state index in [1.165, 1.54) is 5.56 Å². The van der Waals surface area contributed by atoms with Gasteiger partial charge in [-0.25, -0.2) is 4.79 Å². The van der Waals surface area contributed by atoms with Gasteiger partial charge in [0.2, 0.25) is 0 Å². The first-order chi connectivity index (χ1) is 11.3. The van der Waals surface area contributed by atoms with Crippen molar-refractivity contribution in [2.75, 3.05) is 19.7 Å². The normalized spacial score (nSPS) is 16.1. The lowest BCUT2D eigenvalue weighted by Gasteiger charge is -2.25. The Hall–Kier alpha value is -2.56. The third-order valence-electron chi connectivity index (χ3n) is 3.90. The second-order valence-electron chi connectivity index (χ2n) is 5.70. The predicted molar refractivity (Wildman–Crippen MR) is 88.5 cm³/mol. The molecule has 2 amide bonds. The van der Waals surface area contributed by atoms with Gasteiger partial charge in [-0.3, -0.25) is 4.98 Å². The molecule has 0 radical (unpaired) electrons. The Morgan fingerprint density at radius 3 is 2.91 bits per heavy atom. The maximum absolute atomic E-state index is 11.8. The van der Waals surface area contributed by atoms with Gasteiger partial charge in [0.25, 0.3) is 0 Å². The fourth-order valence-electron chi connectivity index (χ4n) is 2.67. The summed E-state index contributed by atoms with van der Waals surface area (Å²) in [7, 11) is 0. The van der Waals surface area contributed by atoms with Gasteiger partial charge in [-0.1, -0.05) is 24.3 Å². The Kier molecular flexibility index (Phi) is 5.09. The molecule has 3 rings (SSSR count). The van der Waals surface area contributed by atoms with Gasteiger partial charge in [-0.05, 0) is 30.2 Å². The predicted octanol–water partition coefficient (Wildman–Crippen LogP) is 2.17. The monoisotopic (exact) mass is 311 g/mol. The average Bonchev–Trinajstić information content (AvgIpc) is 2.61. The van der Waals surface area contributed by atoms with Gasteiger partial charge in [-0.2, -0.15) is 0 Å². The number of carbonyl (C=O) groups excluding carboxylic acids is 1. The van der Waals surface area contributed by atoms with Gasteiger partial charge < -0.3 is 15.4 Å². The van der Waals surface area contributed by atoms with Crippen LogP contribution in [0.1, 0.15) is 11.3 Å². The molecule has 120 valence electrons. The minimum absolute atomic E-state index is 0.139. The number of para-hydroxylation sites is 1. The fourth-order valence-corrected chi connectivity index (χ4v) is 2.67. The van der Waals surface area contributed by atoms with E-state index in [2.05, 4.69) is 21.7 Å². The molecule has 5 nitrogen and oxygen atoms in total. The number of nitrogens with zero attached hydrogens (tertiary/aromatic N) is 1. The summed E-state index contributed by atoms with van der Waals surface area (Å²) in [5.41, 5.74) is 2.19. The summed E-state index contributed by atoms with van der Waals surface area (Å²) in [5, 5.41) is 5.78. The summed E-state index contributed by atoms with van der Waals surface area (Å²) in [6, 6.07) is 13.7. The zero-order valence-corrected chi connectivity index (χ0v) is 13.0. The number of benzene rings is 1. The summed E-state index contributed by atoms with van der Waals surface area (Å²) in [6.07, 6.45) is 3.43. The van der Waals surface area contributed by atoms with Crippen LogP contribution >= 0.6 is 0 Å². The van der Waals surface area contributed by atoms with Gasteiger partial charge in [0.1, 0.15) is 5.75 Å². The van der Waals surface area contributed by atoms with E-state index in [0.717, 1.165) is 24.3 Å². The van der Waals surface area contributed by atoms with Crippen molar-refractivity contribution in [2.24, 2.45) is 5.92 Å². The molecule has 2 aromatic rings. The molecule has 0 bridgehead atoms. The van der Waals surface area contributed by atoms with Crippen molar-refractivity contribution in [1.82, 2.24) is 15.6 Å². The van der Waals surface area contributed by atoms with Crippen molar-refractivity contribution in [3.05, 3.63) is 59.9 Å². The van der Waals surface area contributed by atoms with Crippen molar-refractivity contribution >= 4 is 6.03 Å². The molecule has 1 aliphatic rings. The maximum atomic E-state index is 11.8. The molecule has 1 aromatic heterocycles. The van der Waals surface area contributed by atoms with E-state index in [1.807, 2.05) is 36.4 Å². The van der Waals surface area contributed by atoms with E-state index in [-0.39, 0.29) is 6.03 Å². The van der Waals surface area contributed by atoms with Crippen LogP contribution in [0.2, 0.25) is 0 Å². The third-order valence-corrected chi connectivity index (χ3v) is 3.90. The van der Waals surface area contributed by atoms with Crippen LogP contribution in [-0.2, 0) is 12.8 Å². The van der Waals surface area contributed by atoms with Crippen molar-refractivity contribution in [3.63, 3.8) is 0 Å². The van der Waals surface area contributed by atoms with Crippen molar-refractivity contribution in [3.8, 4) is 5.75 Å². The first kappa shape index (κ1) is 15.3. The Morgan fingerprint density at radius 2 is 2.04 bits per heavy atom. The average molecular weight is 311 g/mol. The quantitative estimate of drug-likeness (QED) is 0.889. The first-order valence-corrected chi connectivity index (χ1v) is 7.93. The van der Waals surface area contributed by atoms with E-state index >= 15 is 0 Å². The van der Waals surface area contributed by atoms with Crippen molar-refractivity contribution in [1.29, 1.82) is 0 Å². The number of nitrogens with one attached hydrogen (secondary N) is 2. The molecule has 1 atom stereocenters. The van der Waals surface area contributed by atoms with Crippen LogP contribution in [0.25, 0.3) is 0 Å². The van der Waals surface area contributed by atoms with Gasteiger partial charge >= 0.3 is 6.03 Å². The number of pyridine rings is 1. The summed E-state index contributed by atoms with van der Waals surface area (Å²) >= 11 is 0. The molecule has 2 heterocycles. The number of hydrogen-bond acceptors (Lipinski definition) is 3. The number of urea groups is 1. The number of fused-ring (bicyclic) bond motifs is 1. The highest BCUT2D eigenvalue weighted by Gasteiger charge is 2.19. The van der Waals surface area contributed by atoms with E-state index in [0.29, 0.717) is 25.6 Å². The number of aromatic nitrogens is 1. The molecule has 1 unspecified atom stereocenters.